The molecule has 104 valence electrons. The van der Waals surface area contributed by atoms with E-state index in [0.717, 1.165) is 25.8 Å². The highest BCUT2D eigenvalue weighted by Gasteiger charge is 2.40. The lowest BCUT2D eigenvalue weighted by molar-refractivity contribution is -0.164. The maximum absolute atomic E-state index is 11.9. The van der Waals surface area contributed by atoms with E-state index in [4.69, 9.17) is 9.47 Å². The number of carbonyl (C=O) groups is 2. The van der Waals surface area contributed by atoms with Gasteiger partial charge in [0.2, 0.25) is 6.04 Å². The van der Waals surface area contributed by atoms with Gasteiger partial charge in [0, 0.05) is 6.04 Å². The number of nitrogens with zero attached hydrogens (tertiary/aromatic N) is 1. The van der Waals surface area contributed by atoms with Crippen LogP contribution >= 0.6 is 0 Å². The minimum absolute atomic E-state index is 0.267. The fourth-order valence-electron chi connectivity index (χ4n) is 2.45. The summed E-state index contributed by atoms with van der Waals surface area (Å²) in [5.41, 5.74) is 0. The molecule has 18 heavy (non-hydrogen) atoms. The Labute approximate surface area is 108 Å². The van der Waals surface area contributed by atoms with Gasteiger partial charge in [-0.1, -0.05) is 6.92 Å². The van der Waals surface area contributed by atoms with Crippen LogP contribution in [-0.4, -0.2) is 48.7 Å². The van der Waals surface area contributed by atoms with Crippen LogP contribution < -0.4 is 0 Å². The summed E-state index contributed by atoms with van der Waals surface area (Å²) in [4.78, 5) is 25.8. The van der Waals surface area contributed by atoms with Crippen molar-refractivity contribution in [2.45, 2.75) is 52.1 Å². The molecule has 1 unspecified atom stereocenters. The minimum atomic E-state index is -0.891. The van der Waals surface area contributed by atoms with Gasteiger partial charge in [0.15, 0.2) is 0 Å². The third kappa shape index (κ3) is 3.45. The van der Waals surface area contributed by atoms with Crippen LogP contribution in [0.3, 0.4) is 0 Å². The zero-order chi connectivity index (χ0) is 13.5. The second-order valence-electron chi connectivity index (χ2n) is 4.35. The molecule has 0 aromatic heterocycles. The summed E-state index contributed by atoms with van der Waals surface area (Å²) >= 11 is 0. The summed E-state index contributed by atoms with van der Waals surface area (Å²) in [6.07, 6.45) is 2.95. The fourth-order valence-corrected chi connectivity index (χ4v) is 2.45. The monoisotopic (exact) mass is 257 g/mol. The van der Waals surface area contributed by atoms with Gasteiger partial charge in [-0.15, -0.1) is 0 Å². The van der Waals surface area contributed by atoms with E-state index in [9.17, 15) is 9.59 Å². The van der Waals surface area contributed by atoms with Gasteiger partial charge in [-0.3, -0.25) is 4.90 Å². The third-order valence-electron chi connectivity index (χ3n) is 3.25. The van der Waals surface area contributed by atoms with E-state index in [1.807, 2.05) is 4.90 Å². The van der Waals surface area contributed by atoms with Crippen LogP contribution in [0.15, 0.2) is 0 Å². The van der Waals surface area contributed by atoms with Crippen molar-refractivity contribution in [1.29, 1.82) is 0 Å². The van der Waals surface area contributed by atoms with E-state index >= 15 is 0 Å². The predicted octanol–water partition coefficient (Wildman–Crippen LogP) is 1.36. The largest absolute Gasteiger partial charge is 0.464 e. The predicted molar refractivity (Wildman–Crippen MR) is 67.1 cm³/mol. The zero-order valence-corrected chi connectivity index (χ0v) is 11.5. The average molecular weight is 257 g/mol. The van der Waals surface area contributed by atoms with Gasteiger partial charge in [-0.2, -0.15) is 0 Å². The third-order valence-corrected chi connectivity index (χ3v) is 3.25. The summed E-state index contributed by atoms with van der Waals surface area (Å²) in [6.45, 7) is 6.85. The Morgan fingerprint density at radius 3 is 2.17 bits per heavy atom. The van der Waals surface area contributed by atoms with Crippen molar-refractivity contribution < 1.29 is 19.1 Å². The first kappa shape index (κ1) is 15.0. The Kier molecular flexibility index (Phi) is 6.12. The number of carbonyl (C=O) groups excluding carboxylic acids is 2. The molecule has 0 bridgehead atoms. The smallest absolute Gasteiger partial charge is 0.335 e. The lowest BCUT2D eigenvalue weighted by atomic mass is 10.1. The number of hydrogen-bond donors (Lipinski definition) is 0. The molecular weight excluding hydrogens is 234 g/mol. The first-order chi connectivity index (χ1) is 8.65. The maximum Gasteiger partial charge on any atom is 0.335 e. The van der Waals surface area contributed by atoms with Gasteiger partial charge in [-0.05, 0) is 39.7 Å². The molecule has 1 rings (SSSR count). The highest BCUT2D eigenvalue weighted by molar-refractivity contribution is 5.99. The van der Waals surface area contributed by atoms with Crippen molar-refractivity contribution in [1.82, 2.24) is 4.90 Å². The summed E-state index contributed by atoms with van der Waals surface area (Å²) in [5, 5.41) is 0. The first-order valence-electron chi connectivity index (χ1n) is 6.74. The quantitative estimate of drug-likeness (QED) is 0.531. The molecule has 0 aromatic carbocycles. The molecular formula is C13H23NO4. The Morgan fingerprint density at radius 1 is 1.17 bits per heavy atom. The van der Waals surface area contributed by atoms with Crippen molar-refractivity contribution in [3.8, 4) is 0 Å². The van der Waals surface area contributed by atoms with E-state index in [1.54, 1.807) is 13.8 Å². The normalized spacial score (nSPS) is 20.1. The molecule has 1 fully saturated rings. The lowest BCUT2D eigenvalue weighted by Crippen LogP contribution is -2.50. The molecule has 1 saturated heterocycles. The highest BCUT2D eigenvalue weighted by Crippen LogP contribution is 2.23. The Balaban J connectivity index is 2.82. The number of hydrogen-bond acceptors (Lipinski definition) is 5. The van der Waals surface area contributed by atoms with Crippen molar-refractivity contribution >= 4 is 11.9 Å². The van der Waals surface area contributed by atoms with Crippen LogP contribution in [0.4, 0.5) is 0 Å². The highest BCUT2D eigenvalue weighted by atomic mass is 16.6. The number of rotatable bonds is 6. The van der Waals surface area contributed by atoms with Crippen molar-refractivity contribution in [3.05, 3.63) is 0 Å². The van der Waals surface area contributed by atoms with Crippen LogP contribution in [0.1, 0.15) is 40.0 Å². The Bertz CT molecular complexity index is 275. The second-order valence-corrected chi connectivity index (χ2v) is 4.35. The molecule has 1 aliphatic heterocycles. The lowest BCUT2D eigenvalue weighted by Gasteiger charge is -2.29. The standard InChI is InChI=1S/C13H23NO4/c1-4-10-8-7-9-14(10)11(12(15)17-5-2)13(16)18-6-3/h10-11H,4-9H2,1-3H3. The van der Waals surface area contributed by atoms with Gasteiger partial charge in [0.1, 0.15) is 0 Å². The minimum Gasteiger partial charge on any atom is -0.464 e. The molecule has 0 N–H and O–H groups in total. The van der Waals surface area contributed by atoms with E-state index in [0.29, 0.717) is 0 Å². The van der Waals surface area contributed by atoms with Crippen molar-refractivity contribution in [3.63, 3.8) is 0 Å². The summed E-state index contributed by atoms with van der Waals surface area (Å²) in [7, 11) is 0. The molecule has 1 aliphatic rings. The van der Waals surface area contributed by atoms with E-state index in [2.05, 4.69) is 6.92 Å². The van der Waals surface area contributed by atoms with Crippen LogP contribution in [0.25, 0.3) is 0 Å². The second kappa shape index (κ2) is 7.36. The molecule has 1 heterocycles. The van der Waals surface area contributed by atoms with Crippen LogP contribution in [-0.2, 0) is 19.1 Å². The molecule has 0 saturated carbocycles. The Hall–Kier alpha value is -1.10. The van der Waals surface area contributed by atoms with Crippen LogP contribution in [0.5, 0.6) is 0 Å². The molecule has 5 heteroatoms. The Morgan fingerprint density at radius 2 is 1.72 bits per heavy atom. The summed E-state index contributed by atoms with van der Waals surface area (Å²) < 4.78 is 9.99. The molecule has 5 nitrogen and oxygen atoms in total. The fraction of sp³-hybridized carbons (Fsp3) is 0.846. The topological polar surface area (TPSA) is 55.8 Å². The van der Waals surface area contributed by atoms with Gasteiger partial charge < -0.3 is 9.47 Å². The van der Waals surface area contributed by atoms with Crippen molar-refractivity contribution in [2.24, 2.45) is 0 Å². The van der Waals surface area contributed by atoms with Crippen LogP contribution in [0.2, 0.25) is 0 Å². The van der Waals surface area contributed by atoms with Gasteiger partial charge in [-0.25, -0.2) is 9.59 Å². The van der Waals surface area contributed by atoms with E-state index in [-0.39, 0.29) is 19.3 Å². The molecule has 0 radical (unpaired) electrons. The van der Waals surface area contributed by atoms with Crippen molar-refractivity contribution in [2.75, 3.05) is 19.8 Å². The molecule has 0 aromatic rings. The molecule has 0 spiro atoms. The van der Waals surface area contributed by atoms with E-state index < -0.39 is 18.0 Å². The number of likely N-dealkylation sites (tertiary alicyclic amines) is 1. The summed E-state index contributed by atoms with van der Waals surface area (Å²) in [6, 6.07) is -0.624. The molecule has 1 atom stereocenters. The maximum atomic E-state index is 11.9. The van der Waals surface area contributed by atoms with Crippen LogP contribution in [0, 0.1) is 0 Å². The average Bonchev–Trinajstić information content (AvgIpc) is 2.78. The van der Waals surface area contributed by atoms with Gasteiger partial charge in [0.25, 0.3) is 0 Å². The first-order valence-corrected chi connectivity index (χ1v) is 6.74. The van der Waals surface area contributed by atoms with E-state index in [1.165, 1.54) is 0 Å². The van der Waals surface area contributed by atoms with Gasteiger partial charge >= 0.3 is 11.9 Å². The SMILES string of the molecule is CCOC(=O)C(C(=O)OCC)N1CCCC1CC. The summed E-state index contributed by atoms with van der Waals surface area (Å²) in [5.74, 6) is -0.979. The number of ether oxygens (including phenoxy) is 2. The van der Waals surface area contributed by atoms with Gasteiger partial charge in [0.05, 0.1) is 13.2 Å². The molecule has 0 amide bonds. The zero-order valence-electron chi connectivity index (χ0n) is 11.5. The number of esters is 2. The molecule has 0 aliphatic carbocycles.